The molecule has 0 fully saturated rings. The molecule has 0 spiro atoms. The Labute approximate surface area is 277 Å². The lowest BCUT2D eigenvalue weighted by molar-refractivity contribution is 0.352. The Bertz CT molecular complexity index is 1510. The zero-order valence-electron chi connectivity index (χ0n) is 29.5. The molecule has 0 aromatic heterocycles. The van der Waals surface area contributed by atoms with Gasteiger partial charge >= 0.3 is 0 Å². The van der Waals surface area contributed by atoms with Crippen molar-refractivity contribution < 1.29 is 5.11 Å². The Kier molecular flexibility index (Phi) is 11.4. The highest BCUT2D eigenvalue weighted by atomic mass is 31.1. The minimum Gasteiger partial charge on any atom is -0.507 e. The molecule has 45 heavy (non-hydrogen) atoms. The largest absolute Gasteiger partial charge is 0.507 e. The van der Waals surface area contributed by atoms with E-state index in [4.69, 9.17) is 0 Å². The summed E-state index contributed by atoms with van der Waals surface area (Å²) in [5, 5.41) is 16.3. The molecule has 240 valence electrons. The van der Waals surface area contributed by atoms with Crippen LogP contribution in [0.25, 0.3) is 0 Å². The molecule has 3 unspecified atom stereocenters. The van der Waals surface area contributed by atoms with Gasteiger partial charge < -0.3 is 5.11 Å². The van der Waals surface area contributed by atoms with Crippen LogP contribution in [0.1, 0.15) is 109 Å². The average molecular weight is 639 g/mol. The molecular formula is C42H56OP2. The van der Waals surface area contributed by atoms with Gasteiger partial charge in [0, 0.05) is 22.4 Å². The van der Waals surface area contributed by atoms with Gasteiger partial charge in [0.1, 0.15) is 5.75 Å². The number of rotatable bonds is 12. The number of phenols is 1. The van der Waals surface area contributed by atoms with Gasteiger partial charge in [0.15, 0.2) is 0 Å². The van der Waals surface area contributed by atoms with Crippen LogP contribution in [0.3, 0.4) is 0 Å². The molecule has 1 N–H and O–H groups in total. The van der Waals surface area contributed by atoms with E-state index in [1.807, 2.05) is 0 Å². The van der Waals surface area contributed by atoms with Crippen molar-refractivity contribution in [1.29, 1.82) is 0 Å². The summed E-state index contributed by atoms with van der Waals surface area (Å²) in [4.78, 5) is 0. The van der Waals surface area contributed by atoms with E-state index in [0.717, 1.165) is 36.6 Å². The highest BCUT2D eigenvalue weighted by Gasteiger charge is 2.36. The van der Waals surface area contributed by atoms with Gasteiger partial charge in [-0.15, -0.1) is 0 Å². The Balaban J connectivity index is 1.84. The Morgan fingerprint density at radius 1 is 0.756 bits per heavy atom. The molecule has 0 radical (unpaired) electrons. The highest BCUT2D eigenvalue weighted by Crippen LogP contribution is 2.52. The van der Waals surface area contributed by atoms with Crippen molar-refractivity contribution in [3.05, 3.63) is 119 Å². The minimum atomic E-state index is -0.559. The zero-order chi connectivity index (χ0) is 33.0. The lowest BCUT2D eigenvalue weighted by Crippen LogP contribution is -2.27. The topological polar surface area (TPSA) is 20.2 Å². The average Bonchev–Trinajstić information content (AvgIpc) is 3.01. The smallest absolute Gasteiger partial charge is 0.123 e. The van der Waals surface area contributed by atoms with E-state index in [1.165, 1.54) is 32.6 Å². The predicted octanol–water partition coefficient (Wildman–Crippen LogP) is 11.0. The summed E-state index contributed by atoms with van der Waals surface area (Å²) in [7, 11) is -0.0177. The molecule has 1 nitrogen and oxygen atoms in total. The maximum absolute atomic E-state index is 12.2. The molecule has 4 aromatic rings. The monoisotopic (exact) mass is 638 g/mol. The third-order valence-corrected chi connectivity index (χ3v) is 14.4. The third kappa shape index (κ3) is 8.28. The summed E-state index contributed by atoms with van der Waals surface area (Å²) >= 11 is 0. The highest BCUT2D eigenvalue weighted by molar-refractivity contribution is 7.72. The van der Waals surface area contributed by atoms with Gasteiger partial charge in [-0.1, -0.05) is 168 Å². The van der Waals surface area contributed by atoms with Crippen molar-refractivity contribution in [2.45, 2.75) is 111 Å². The third-order valence-electron chi connectivity index (χ3n) is 9.79. The van der Waals surface area contributed by atoms with Crippen molar-refractivity contribution >= 4 is 32.4 Å². The summed E-state index contributed by atoms with van der Waals surface area (Å²) in [6, 6.07) is 33.6. The van der Waals surface area contributed by atoms with Gasteiger partial charge in [0.2, 0.25) is 0 Å². The summed E-state index contributed by atoms with van der Waals surface area (Å²) < 4.78 is 0. The maximum Gasteiger partial charge on any atom is 0.123 e. The standard InChI is InChI=1S/C42H56OP2/c1-11-30(3)28-41(8,9)36-26-33(40(5,6)7)27-37(38(36)43)42(10,12-2)44-39-31(4)20-19-21-32(39)29-45(34-22-15-13-16-23-34)35-24-17-14-18-25-35/h13-27,30,43-44H,11-12,28-29H2,1-10H3. The summed E-state index contributed by atoms with van der Waals surface area (Å²) in [6.45, 7) is 23.1. The maximum atomic E-state index is 12.2. The van der Waals surface area contributed by atoms with Crippen LogP contribution in [0.5, 0.6) is 5.75 Å². The molecule has 0 saturated heterocycles. The van der Waals surface area contributed by atoms with Crippen LogP contribution in [0.2, 0.25) is 0 Å². The van der Waals surface area contributed by atoms with E-state index in [1.54, 1.807) is 0 Å². The van der Waals surface area contributed by atoms with E-state index in [-0.39, 0.29) is 16.0 Å². The van der Waals surface area contributed by atoms with Gasteiger partial charge in [-0.2, -0.15) is 0 Å². The minimum absolute atomic E-state index is 0.0174. The zero-order valence-corrected chi connectivity index (χ0v) is 31.4. The van der Waals surface area contributed by atoms with Crippen LogP contribution < -0.4 is 15.9 Å². The Morgan fingerprint density at radius 2 is 1.31 bits per heavy atom. The fraction of sp³-hybridized carbons (Fsp3) is 0.429. The van der Waals surface area contributed by atoms with Crippen LogP contribution in [0, 0.1) is 12.8 Å². The van der Waals surface area contributed by atoms with Gasteiger partial charge in [-0.05, 0) is 77.0 Å². The van der Waals surface area contributed by atoms with Crippen molar-refractivity contribution in [2.24, 2.45) is 5.92 Å². The first-order valence-corrected chi connectivity index (χ1v) is 19.4. The van der Waals surface area contributed by atoms with Crippen molar-refractivity contribution in [1.82, 2.24) is 0 Å². The number of benzene rings is 4. The predicted molar refractivity (Wildman–Crippen MR) is 203 cm³/mol. The van der Waals surface area contributed by atoms with Gasteiger partial charge in [-0.3, -0.25) is 0 Å². The quantitative estimate of drug-likeness (QED) is 0.153. The van der Waals surface area contributed by atoms with Crippen LogP contribution in [0.15, 0.2) is 91.0 Å². The normalized spacial score (nSPS) is 14.6. The van der Waals surface area contributed by atoms with Crippen LogP contribution >= 0.6 is 16.5 Å². The molecule has 0 amide bonds. The first-order valence-electron chi connectivity index (χ1n) is 16.8. The second kappa shape index (κ2) is 14.5. The molecule has 3 atom stereocenters. The van der Waals surface area contributed by atoms with Gasteiger partial charge in [0.05, 0.1) is 0 Å². The molecule has 0 bridgehead atoms. The van der Waals surface area contributed by atoms with Crippen LogP contribution in [-0.2, 0) is 22.1 Å². The van der Waals surface area contributed by atoms with Crippen molar-refractivity contribution in [3.63, 3.8) is 0 Å². The molecule has 0 heterocycles. The van der Waals surface area contributed by atoms with Crippen molar-refractivity contribution in [3.8, 4) is 5.75 Å². The SMILES string of the molecule is CCC(C)CC(C)(C)c1cc(C(C)(C)C)cc(C(C)(CC)Pc2c(C)cccc2CP(c2ccccc2)c2ccccc2)c1O. The summed E-state index contributed by atoms with van der Waals surface area (Å²) in [5.74, 6) is 1.11. The summed E-state index contributed by atoms with van der Waals surface area (Å²) in [5.41, 5.74) is 6.19. The molecule has 0 aliphatic heterocycles. The number of hydrogen-bond donors (Lipinski definition) is 1. The van der Waals surface area contributed by atoms with E-state index < -0.39 is 7.92 Å². The van der Waals surface area contributed by atoms with Crippen molar-refractivity contribution in [2.75, 3.05) is 0 Å². The number of hydrogen-bond acceptors (Lipinski definition) is 1. The molecule has 4 rings (SSSR count). The van der Waals surface area contributed by atoms with Crippen LogP contribution in [0.4, 0.5) is 0 Å². The van der Waals surface area contributed by atoms with E-state index >= 15 is 0 Å². The number of aryl methyl sites for hydroxylation is 1. The van der Waals surface area contributed by atoms with Crippen LogP contribution in [-0.4, -0.2) is 5.11 Å². The lowest BCUT2D eigenvalue weighted by atomic mass is 9.72. The second-order valence-electron chi connectivity index (χ2n) is 14.9. The van der Waals surface area contributed by atoms with E-state index in [9.17, 15) is 5.11 Å². The molecule has 0 aliphatic carbocycles. The molecule has 0 saturated carbocycles. The number of aromatic hydroxyl groups is 1. The summed E-state index contributed by atoms with van der Waals surface area (Å²) in [6.07, 6.45) is 4.17. The molecule has 0 aliphatic rings. The lowest BCUT2D eigenvalue weighted by Gasteiger charge is -2.37. The fourth-order valence-corrected chi connectivity index (χ4v) is 10.7. The van der Waals surface area contributed by atoms with E-state index in [2.05, 4.69) is 160 Å². The Hall–Kier alpha value is -2.46. The first kappa shape index (κ1) is 35.4. The number of phenolic OH excluding ortho intramolecular Hbond substituents is 1. The fourth-order valence-electron chi connectivity index (χ4n) is 6.51. The Morgan fingerprint density at radius 3 is 1.82 bits per heavy atom. The molecule has 4 aromatic carbocycles. The van der Waals surface area contributed by atoms with Gasteiger partial charge in [0.25, 0.3) is 0 Å². The molecular weight excluding hydrogens is 582 g/mol. The first-order chi connectivity index (χ1) is 21.2. The van der Waals surface area contributed by atoms with E-state index in [0.29, 0.717) is 20.2 Å². The van der Waals surface area contributed by atoms with Gasteiger partial charge in [-0.25, -0.2) is 0 Å². The molecule has 3 heteroatoms. The second-order valence-corrected chi connectivity index (χ2v) is 19.0.